The van der Waals surface area contributed by atoms with Crippen LogP contribution in [0.4, 0.5) is 15.1 Å². The molecule has 0 aliphatic carbocycles. The fourth-order valence-electron chi connectivity index (χ4n) is 4.86. The number of thiazole rings is 1. The van der Waals surface area contributed by atoms with Crippen LogP contribution in [0.5, 0.6) is 0 Å². The first-order chi connectivity index (χ1) is 19.2. The van der Waals surface area contributed by atoms with E-state index in [0.29, 0.717) is 5.69 Å². The Kier molecular flexibility index (Phi) is 7.19. The van der Waals surface area contributed by atoms with E-state index in [4.69, 9.17) is 9.98 Å². The molecule has 0 spiro atoms. The van der Waals surface area contributed by atoms with Crippen molar-refractivity contribution in [2.24, 2.45) is 4.99 Å². The summed E-state index contributed by atoms with van der Waals surface area (Å²) in [5, 5.41) is 1.83. The van der Waals surface area contributed by atoms with Gasteiger partial charge in [-0.1, -0.05) is 114 Å². The second-order valence-electron chi connectivity index (χ2n) is 9.63. The zero-order chi connectivity index (χ0) is 26.6. The van der Waals surface area contributed by atoms with Crippen molar-refractivity contribution >= 4 is 27.9 Å². The van der Waals surface area contributed by atoms with Gasteiger partial charge in [-0.15, -0.1) is 0 Å². The van der Waals surface area contributed by atoms with E-state index in [2.05, 4.69) is 65.3 Å². The lowest BCUT2D eigenvalue weighted by molar-refractivity contribution is 0.384. The molecule has 0 bridgehead atoms. The molecule has 0 radical (unpaired) electrons. The zero-order valence-electron chi connectivity index (χ0n) is 21.8. The summed E-state index contributed by atoms with van der Waals surface area (Å²) in [4.78, 5) is 14.8. The quantitative estimate of drug-likeness (QED) is 0.171. The van der Waals surface area contributed by atoms with Crippen LogP contribution in [0, 0.1) is 12.7 Å². The number of benzene rings is 4. The van der Waals surface area contributed by atoms with Crippen LogP contribution in [0.3, 0.4) is 0 Å². The molecule has 4 nitrogen and oxygen atoms in total. The summed E-state index contributed by atoms with van der Waals surface area (Å²) < 4.78 is 14.5. The highest BCUT2D eigenvalue weighted by molar-refractivity contribution is 7.19. The van der Waals surface area contributed by atoms with Crippen molar-refractivity contribution in [1.29, 1.82) is 0 Å². The smallest absolute Gasteiger partial charge is 0.146 e. The number of amidine groups is 1. The molecule has 0 saturated carbocycles. The number of hydrogen-bond acceptors (Lipinski definition) is 4. The minimum absolute atomic E-state index is 0.177. The van der Waals surface area contributed by atoms with Crippen molar-refractivity contribution in [3.05, 3.63) is 126 Å². The first kappa shape index (κ1) is 25.0. The molecule has 1 fully saturated rings. The van der Waals surface area contributed by atoms with Gasteiger partial charge < -0.3 is 9.80 Å². The number of para-hydroxylation sites is 1. The summed E-state index contributed by atoms with van der Waals surface area (Å²) in [6.45, 7) is 5.01. The van der Waals surface area contributed by atoms with E-state index in [1.54, 1.807) is 17.4 Å². The highest BCUT2D eigenvalue weighted by Gasteiger charge is 2.24. The Morgan fingerprint density at radius 3 is 2.03 bits per heavy atom. The van der Waals surface area contributed by atoms with E-state index in [1.807, 2.05) is 48.5 Å². The van der Waals surface area contributed by atoms with Crippen molar-refractivity contribution in [1.82, 2.24) is 9.88 Å². The topological polar surface area (TPSA) is 31.7 Å². The fourth-order valence-corrected chi connectivity index (χ4v) is 5.83. The van der Waals surface area contributed by atoms with Crippen LogP contribution in [0.15, 0.2) is 114 Å². The van der Waals surface area contributed by atoms with Gasteiger partial charge in [-0.3, -0.25) is 0 Å². The van der Waals surface area contributed by atoms with Gasteiger partial charge in [-0.2, -0.15) is 0 Å². The first-order valence-corrected chi connectivity index (χ1v) is 14.0. The molecule has 1 aromatic heterocycles. The molecular weight excluding hydrogens is 503 g/mol. The van der Waals surface area contributed by atoms with Crippen molar-refractivity contribution in [2.75, 3.05) is 31.1 Å². The number of anilines is 1. The molecular formula is C33H29FN4S. The lowest BCUT2D eigenvalue weighted by Gasteiger charge is -2.38. The third-order valence-electron chi connectivity index (χ3n) is 6.97. The van der Waals surface area contributed by atoms with E-state index < -0.39 is 0 Å². The standard InChI is InChI=1S/C33H29FN4S/c1-24-16-18-26(19-17-24)31(38-22-20-37(21-23-38)29-15-9-8-14-28(29)34)36-33-30(25-10-4-2-5-11-25)35-32(39-33)27-12-6-3-7-13-27/h2-19H,20-23H2,1H3/b36-31+. The van der Waals surface area contributed by atoms with E-state index in [1.165, 1.54) is 11.6 Å². The number of halogens is 1. The van der Waals surface area contributed by atoms with Gasteiger partial charge in [0.25, 0.3) is 0 Å². The van der Waals surface area contributed by atoms with Crippen molar-refractivity contribution in [2.45, 2.75) is 6.92 Å². The van der Waals surface area contributed by atoms with Gasteiger partial charge in [0.2, 0.25) is 0 Å². The Bertz CT molecular complexity index is 1570. The van der Waals surface area contributed by atoms with Gasteiger partial charge in [0, 0.05) is 42.9 Å². The van der Waals surface area contributed by atoms with Gasteiger partial charge in [-0.25, -0.2) is 14.4 Å². The van der Waals surface area contributed by atoms with E-state index in [-0.39, 0.29) is 5.82 Å². The molecule has 39 heavy (non-hydrogen) atoms. The fraction of sp³-hybridized carbons (Fsp3) is 0.152. The Morgan fingerprint density at radius 1 is 0.744 bits per heavy atom. The van der Waals surface area contributed by atoms with Crippen molar-refractivity contribution < 1.29 is 4.39 Å². The number of aliphatic imine (C=N–C) groups is 1. The van der Waals surface area contributed by atoms with Crippen LogP contribution >= 0.6 is 11.3 Å². The monoisotopic (exact) mass is 532 g/mol. The van der Waals surface area contributed by atoms with E-state index in [9.17, 15) is 4.39 Å². The normalized spacial score (nSPS) is 14.1. The Hall–Kier alpha value is -4.29. The maximum absolute atomic E-state index is 14.5. The third kappa shape index (κ3) is 5.47. The Labute approximate surface area is 232 Å². The van der Waals surface area contributed by atoms with E-state index in [0.717, 1.165) is 64.4 Å². The third-order valence-corrected chi connectivity index (χ3v) is 7.97. The molecule has 0 amide bonds. The van der Waals surface area contributed by atoms with Crippen LogP contribution in [-0.2, 0) is 0 Å². The van der Waals surface area contributed by atoms with Gasteiger partial charge >= 0.3 is 0 Å². The predicted octanol–water partition coefficient (Wildman–Crippen LogP) is 7.83. The lowest BCUT2D eigenvalue weighted by Crippen LogP contribution is -2.49. The average Bonchev–Trinajstić information content (AvgIpc) is 3.42. The Balaban J connectivity index is 1.40. The molecule has 0 N–H and O–H groups in total. The summed E-state index contributed by atoms with van der Waals surface area (Å²) in [6.07, 6.45) is 0. The van der Waals surface area contributed by atoms with Crippen LogP contribution in [0.2, 0.25) is 0 Å². The highest BCUT2D eigenvalue weighted by Crippen LogP contribution is 2.40. The molecule has 6 heteroatoms. The maximum atomic E-state index is 14.5. The van der Waals surface area contributed by atoms with Crippen LogP contribution in [0.25, 0.3) is 21.8 Å². The SMILES string of the molecule is Cc1ccc(/C(=N\c2sc(-c3ccccc3)nc2-c2ccccc2)N2CCN(c3ccccc3F)CC2)cc1. The lowest BCUT2D eigenvalue weighted by atomic mass is 10.1. The molecule has 6 rings (SSSR count). The zero-order valence-corrected chi connectivity index (χ0v) is 22.6. The van der Waals surface area contributed by atoms with Crippen molar-refractivity contribution in [3.63, 3.8) is 0 Å². The molecule has 0 unspecified atom stereocenters. The molecule has 2 heterocycles. The van der Waals surface area contributed by atoms with E-state index >= 15 is 0 Å². The number of aryl methyl sites for hydroxylation is 1. The second-order valence-corrected chi connectivity index (χ2v) is 10.6. The number of hydrogen-bond donors (Lipinski definition) is 0. The van der Waals surface area contributed by atoms with Crippen molar-refractivity contribution in [3.8, 4) is 21.8 Å². The largest absolute Gasteiger partial charge is 0.366 e. The van der Waals surface area contributed by atoms with Crippen LogP contribution in [0.1, 0.15) is 11.1 Å². The summed E-state index contributed by atoms with van der Waals surface area (Å²) in [6, 6.07) is 36.1. The average molecular weight is 533 g/mol. The Morgan fingerprint density at radius 2 is 1.36 bits per heavy atom. The molecule has 1 saturated heterocycles. The maximum Gasteiger partial charge on any atom is 0.146 e. The van der Waals surface area contributed by atoms with Gasteiger partial charge in [0.1, 0.15) is 27.4 Å². The first-order valence-electron chi connectivity index (χ1n) is 13.2. The van der Waals surface area contributed by atoms with Crippen LogP contribution < -0.4 is 4.90 Å². The molecule has 1 aliphatic rings. The number of nitrogens with zero attached hydrogens (tertiary/aromatic N) is 4. The molecule has 4 aromatic carbocycles. The molecule has 1 aliphatic heterocycles. The van der Waals surface area contributed by atoms with Gasteiger partial charge in [0.05, 0.1) is 5.69 Å². The minimum Gasteiger partial charge on any atom is -0.366 e. The second kappa shape index (κ2) is 11.2. The summed E-state index contributed by atoms with van der Waals surface area (Å²) in [5.41, 5.74) is 5.94. The van der Waals surface area contributed by atoms with Gasteiger partial charge in [0.15, 0.2) is 0 Å². The minimum atomic E-state index is -0.177. The van der Waals surface area contributed by atoms with Gasteiger partial charge in [-0.05, 0) is 19.1 Å². The molecule has 5 aromatic rings. The number of piperazine rings is 1. The number of rotatable bonds is 5. The van der Waals surface area contributed by atoms with Crippen LogP contribution in [-0.4, -0.2) is 41.9 Å². The summed E-state index contributed by atoms with van der Waals surface area (Å²) in [5.74, 6) is 0.743. The number of aromatic nitrogens is 1. The predicted molar refractivity (Wildman–Crippen MR) is 161 cm³/mol. The molecule has 194 valence electrons. The molecule has 0 atom stereocenters. The summed E-state index contributed by atoms with van der Waals surface area (Å²) >= 11 is 1.61. The highest BCUT2D eigenvalue weighted by atomic mass is 32.1. The summed E-state index contributed by atoms with van der Waals surface area (Å²) in [7, 11) is 0.